The van der Waals surface area contributed by atoms with Crippen LogP contribution in [0.1, 0.15) is 5.56 Å². The number of carbonyl (C=O) groups excluding carboxylic acids is 1. The standard InChI is InChI=1S/C20H15ClN4O2/c1-27-16-4-2-3-15(11-16)25-20(26)24-14-7-5-13(6-8-14)19-17(12-22)18(21)9-10-23-19/h2-11H,1H3,(H2,24,25,26). The lowest BCUT2D eigenvalue weighted by molar-refractivity contribution is 0.262. The van der Waals surface area contributed by atoms with Crippen LogP contribution in [0.2, 0.25) is 5.02 Å². The van der Waals surface area contributed by atoms with Gasteiger partial charge in [0.1, 0.15) is 11.8 Å². The lowest BCUT2D eigenvalue weighted by Crippen LogP contribution is -2.19. The van der Waals surface area contributed by atoms with Crippen LogP contribution in [0.25, 0.3) is 11.3 Å². The highest BCUT2D eigenvalue weighted by atomic mass is 35.5. The molecule has 6 nitrogen and oxygen atoms in total. The van der Waals surface area contributed by atoms with Crippen molar-refractivity contribution in [3.05, 3.63) is 71.4 Å². The van der Waals surface area contributed by atoms with Crippen LogP contribution in [0.5, 0.6) is 5.75 Å². The second-order valence-corrected chi connectivity index (χ2v) is 5.92. The topological polar surface area (TPSA) is 87.0 Å². The van der Waals surface area contributed by atoms with Crippen LogP contribution < -0.4 is 15.4 Å². The van der Waals surface area contributed by atoms with E-state index in [0.29, 0.717) is 33.4 Å². The number of rotatable bonds is 4. The third-order valence-corrected chi connectivity index (χ3v) is 4.07. The monoisotopic (exact) mass is 378 g/mol. The fourth-order valence-electron chi connectivity index (χ4n) is 2.47. The van der Waals surface area contributed by atoms with Crippen LogP contribution >= 0.6 is 11.6 Å². The van der Waals surface area contributed by atoms with Gasteiger partial charge in [-0.2, -0.15) is 5.26 Å². The molecular formula is C20H15ClN4O2. The van der Waals surface area contributed by atoms with Gasteiger partial charge in [-0.15, -0.1) is 0 Å². The number of hydrogen-bond acceptors (Lipinski definition) is 4. The molecule has 0 atom stereocenters. The fourth-order valence-corrected chi connectivity index (χ4v) is 2.66. The van der Waals surface area contributed by atoms with Crippen LogP contribution in [-0.4, -0.2) is 18.1 Å². The molecule has 134 valence electrons. The number of amides is 2. The molecule has 0 aliphatic heterocycles. The van der Waals surface area contributed by atoms with Gasteiger partial charge in [0.15, 0.2) is 0 Å². The van der Waals surface area contributed by atoms with Crippen molar-refractivity contribution in [1.29, 1.82) is 5.26 Å². The van der Waals surface area contributed by atoms with Crippen molar-refractivity contribution >= 4 is 29.0 Å². The number of benzene rings is 2. The Hall–Kier alpha value is -3.56. The van der Waals surface area contributed by atoms with Crippen molar-refractivity contribution in [2.45, 2.75) is 0 Å². The van der Waals surface area contributed by atoms with Gasteiger partial charge in [-0.3, -0.25) is 4.98 Å². The molecule has 0 saturated heterocycles. The Morgan fingerprint density at radius 3 is 2.56 bits per heavy atom. The van der Waals surface area contributed by atoms with E-state index >= 15 is 0 Å². The van der Waals surface area contributed by atoms with Gasteiger partial charge in [-0.05, 0) is 30.3 Å². The molecule has 2 aromatic carbocycles. The number of nitriles is 1. The second-order valence-electron chi connectivity index (χ2n) is 5.52. The molecule has 1 heterocycles. The minimum atomic E-state index is -0.380. The molecule has 27 heavy (non-hydrogen) atoms. The molecule has 2 N–H and O–H groups in total. The van der Waals surface area contributed by atoms with Gasteiger partial charge < -0.3 is 15.4 Å². The number of halogens is 1. The van der Waals surface area contributed by atoms with E-state index in [1.165, 1.54) is 0 Å². The van der Waals surface area contributed by atoms with Gasteiger partial charge in [-0.25, -0.2) is 4.79 Å². The Labute approximate surface area is 161 Å². The van der Waals surface area contributed by atoms with Crippen LogP contribution in [0.15, 0.2) is 60.8 Å². The van der Waals surface area contributed by atoms with E-state index in [9.17, 15) is 10.1 Å². The number of hydrogen-bond donors (Lipinski definition) is 2. The van der Waals surface area contributed by atoms with Crippen LogP contribution in [0, 0.1) is 11.3 Å². The summed E-state index contributed by atoms with van der Waals surface area (Å²) in [6.07, 6.45) is 1.55. The molecule has 0 aliphatic carbocycles. The van der Waals surface area contributed by atoms with Crippen molar-refractivity contribution in [3.8, 4) is 23.1 Å². The van der Waals surface area contributed by atoms with Crippen LogP contribution in [-0.2, 0) is 0 Å². The van der Waals surface area contributed by atoms with E-state index in [1.54, 1.807) is 67.9 Å². The highest BCUT2D eigenvalue weighted by Gasteiger charge is 2.10. The summed E-state index contributed by atoms with van der Waals surface area (Å²) in [5, 5.41) is 15.1. The zero-order valence-electron chi connectivity index (χ0n) is 14.4. The number of pyridine rings is 1. The van der Waals surface area contributed by atoms with Crippen LogP contribution in [0.4, 0.5) is 16.2 Å². The summed E-state index contributed by atoms with van der Waals surface area (Å²) in [5.41, 5.74) is 2.76. The van der Waals surface area contributed by atoms with E-state index < -0.39 is 0 Å². The molecule has 7 heteroatoms. The summed E-state index contributed by atoms with van der Waals surface area (Å²) in [7, 11) is 1.56. The number of urea groups is 1. The van der Waals surface area contributed by atoms with Gasteiger partial charge in [0.05, 0.1) is 23.4 Å². The Balaban J connectivity index is 1.72. The van der Waals surface area contributed by atoms with Gasteiger partial charge in [-0.1, -0.05) is 29.8 Å². The average molecular weight is 379 g/mol. The Morgan fingerprint density at radius 1 is 1.11 bits per heavy atom. The van der Waals surface area contributed by atoms with Gasteiger partial charge >= 0.3 is 6.03 Å². The molecule has 3 rings (SSSR count). The summed E-state index contributed by atoms with van der Waals surface area (Å²) in [6.45, 7) is 0. The zero-order valence-corrected chi connectivity index (χ0v) is 15.1. The first-order valence-electron chi connectivity index (χ1n) is 7.98. The summed E-state index contributed by atoms with van der Waals surface area (Å²) in [5.74, 6) is 0.652. The largest absolute Gasteiger partial charge is 0.497 e. The SMILES string of the molecule is COc1cccc(NC(=O)Nc2ccc(-c3nccc(Cl)c3C#N)cc2)c1. The number of nitrogens with zero attached hydrogens (tertiary/aromatic N) is 2. The first kappa shape index (κ1) is 18.2. The predicted octanol–water partition coefficient (Wildman–Crippen LogP) is 4.93. The zero-order chi connectivity index (χ0) is 19.2. The van der Waals surface area contributed by atoms with Gasteiger partial charge in [0, 0.05) is 29.2 Å². The average Bonchev–Trinajstić information content (AvgIpc) is 2.68. The molecule has 0 spiro atoms. The summed E-state index contributed by atoms with van der Waals surface area (Å²) in [4.78, 5) is 16.4. The molecule has 0 radical (unpaired) electrons. The lowest BCUT2D eigenvalue weighted by Gasteiger charge is -2.10. The number of anilines is 2. The summed E-state index contributed by atoms with van der Waals surface area (Å²) >= 11 is 6.04. The summed E-state index contributed by atoms with van der Waals surface area (Å²) in [6, 6.07) is 17.3. The maximum absolute atomic E-state index is 12.1. The molecule has 0 aliphatic rings. The minimum absolute atomic E-state index is 0.315. The predicted molar refractivity (Wildman–Crippen MR) is 105 cm³/mol. The Kier molecular flexibility index (Phi) is 5.55. The molecule has 3 aromatic rings. The van der Waals surface area contributed by atoms with E-state index in [2.05, 4.69) is 21.7 Å². The Bertz CT molecular complexity index is 1010. The maximum atomic E-state index is 12.1. The van der Waals surface area contributed by atoms with Crippen molar-refractivity contribution in [2.24, 2.45) is 0 Å². The van der Waals surface area contributed by atoms with Crippen molar-refractivity contribution in [1.82, 2.24) is 4.98 Å². The number of ether oxygens (including phenoxy) is 1. The number of carbonyl (C=O) groups is 1. The van der Waals surface area contributed by atoms with Crippen molar-refractivity contribution in [2.75, 3.05) is 17.7 Å². The Morgan fingerprint density at radius 2 is 1.85 bits per heavy atom. The number of nitrogens with one attached hydrogen (secondary N) is 2. The lowest BCUT2D eigenvalue weighted by atomic mass is 10.1. The molecule has 0 unspecified atom stereocenters. The molecule has 1 aromatic heterocycles. The van der Waals surface area contributed by atoms with E-state index in [1.807, 2.05) is 0 Å². The molecule has 2 amide bonds. The second kappa shape index (κ2) is 8.21. The molecule has 0 saturated carbocycles. The first-order valence-corrected chi connectivity index (χ1v) is 8.35. The molecular weight excluding hydrogens is 364 g/mol. The third-order valence-electron chi connectivity index (χ3n) is 3.76. The van der Waals surface area contributed by atoms with Crippen molar-refractivity contribution < 1.29 is 9.53 Å². The highest BCUT2D eigenvalue weighted by Crippen LogP contribution is 2.27. The smallest absolute Gasteiger partial charge is 0.323 e. The van der Waals surface area contributed by atoms with Gasteiger partial charge in [0.25, 0.3) is 0 Å². The van der Waals surface area contributed by atoms with E-state index in [-0.39, 0.29) is 6.03 Å². The highest BCUT2D eigenvalue weighted by molar-refractivity contribution is 6.32. The van der Waals surface area contributed by atoms with E-state index in [4.69, 9.17) is 16.3 Å². The maximum Gasteiger partial charge on any atom is 0.323 e. The quantitative estimate of drug-likeness (QED) is 0.674. The number of aromatic nitrogens is 1. The molecule has 0 bridgehead atoms. The van der Waals surface area contributed by atoms with Gasteiger partial charge in [0.2, 0.25) is 0 Å². The normalized spacial score (nSPS) is 9.96. The van der Waals surface area contributed by atoms with Crippen molar-refractivity contribution in [3.63, 3.8) is 0 Å². The third kappa shape index (κ3) is 4.35. The minimum Gasteiger partial charge on any atom is -0.497 e. The number of methoxy groups -OCH3 is 1. The first-order chi connectivity index (χ1) is 13.1. The van der Waals surface area contributed by atoms with E-state index in [0.717, 1.165) is 5.56 Å². The van der Waals surface area contributed by atoms with Crippen LogP contribution in [0.3, 0.4) is 0 Å². The fraction of sp³-hybridized carbons (Fsp3) is 0.0500. The molecule has 0 fully saturated rings. The summed E-state index contributed by atoms with van der Waals surface area (Å²) < 4.78 is 5.13.